The van der Waals surface area contributed by atoms with Crippen molar-refractivity contribution in [3.63, 3.8) is 0 Å². The molecule has 1 heterocycles. The van der Waals surface area contributed by atoms with Crippen molar-refractivity contribution >= 4 is 11.3 Å². The van der Waals surface area contributed by atoms with Gasteiger partial charge < -0.3 is 14.8 Å². The molecular weight excluding hydrogens is 305 g/mol. The maximum Gasteiger partial charge on any atom is 0.434 e. The van der Waals surface area contributed by atoms with Crippen molar-refractivity contribution in [1.82, 2.24) is 10.3 Å². The molecule has 2 rings (SSSR count). The van der Waals surface area contributed by atoms with Gasteiger partial charge in [-0.15, -0.1) is 11.3 Å². The van der Waals surface area contributed by atoms with Gasteiger partial charge in [-0.1, -0.05) is 0 Å². The first-order valence-corrected chi connectivity index (χ1v) is 7.68. The van der Waals surface area contributed by atoms with Gasteiger partial charge in [0.15, 0.2) is 5.69 Å². The van der Waals surface area contributed by atoms with Crippen molar-refractivity contribution in [3.8, 4) is 0 Å². The Morgan fingerprint density at radius 1 is 1.29 bits per heavy atom. The highest BCUT2D eigenvalue weighted by Crippen LogP contribution is 2.35. The van der Waals surface area contributed by atoms with Gasteiger partial charge in [-0.3, -0.25) is 0 Å². The predicted octanol–water partition coefficient (Wildman–Crippen LogP) is 2.62. The maximum atomic E-state index is 13.0. The Morgan fingerprint density at radius 2 is 2.05 bits per heavy atom. The number of methoxy groups -OCH3 is 1. The molecule has 0 aliphatic heterocycles. The van der Waals surface area contributed by atoms with Gasteiger partial charge in [0.2, 0.25) is 0 Å². The van der Waals surface area contributed by atoms with Crippen LogP contribution in [0.25, 0.3) is 0 Å². The number of rotatable bonds is 9. The van der Waals surface area contributed by atoms with E-state index in [-0.39, 0.29) is 11.4 Å². The van der Waals surface area contributed by atoms with Gasteiger partial charge in [0, 0.05) is 26.1 Å². The van der Waals surface area contributed by atoms with Crippen LogP contribution in [0, 0.1) is 0 Å². The summed E-state index contributed by atoms with van der Waals surface area (Å²) in [7, 11) is 1.57. The minimum atomic E-state index is -4.40. The molecule has 4 nitrogen and oxygen atoms in total. The molecular formula is C13H19F3N2O2S. The lowest BCUT2D eigenvalue weighted by Gasteiger charge is -2.06. The molecule has 0 atom stereocenters. The van der Waals surface area contributed by atoms with Gasteiger partial charge in [-0.25, -0.2) is 4.98 Å². The highest BCUT2D eigenvalue weighted by Gasteiger charge is 2.37. The highest BCUT2D eigenvalue weighted by atomic mass is 32.1. The number of halogens is 3. The van der Waals surface area contributed by atoms with E-state index >= 15 is 0 Å². The molecule has 0 aromatic carbocycles. The van der Waals surface area contributed by atoms with Crippen molar-refractivity contribution in [3.05, 3.63) is 15.6 Å². The van der Waals surface area contributed by atoms with E-state index in [0.717, 1.165) is 24.2 Å². The average Bonchev–Trinajstić information content (AvgIpc) is 3.15. The third kappa shape index (κ3) is 5.54. The monoisotopic (exact) mass is 324 g/mol. The Labute approximate surface area is 125 Å². The third-order valence-corrected chi connectivity index (χ3v) is 4.15. The Morgan fingerprint density at radius 3 is 2.67 bits per heavy atom. The van der Waals surface area contributed by atoms with Crippen molar-refractivity contribution in [2.24, 2.45) is 0 Å². The second kappa shape index (κ2) is 7.53. The first-order chi connectivity index (χ1) is 10.0. The van der Waals surface area contributed by atoms with Crippen molar-refractivity contribution in [1.29, 1.82) is 0 Å². The Bertz CT molecular complexity index is 447. The van der Waals surface area contributed by atoms with E-state index in [9.17, 15) is 13.2 Å². The molecule has 0 radical (unpaired) electrons. The second-order valence-electron chi connectivity index (χ2n) is 4.89. The number of nitrogens with one attached hydrogen (secondary N) is 1. The van der Waals surface area contributed by atoms with Gasteiger partial charge in [-0.05, 0) is 12.8 Å². The van der Waals surface area contributed by atoms with Gasteiger partial charge >= 0.3 is 6.18 Å². The Balaban J connectivity index is 1.91. The predicted molar refractivity (Wildman–Crippen MR) is 73.4 cm³/mol. The van der Waals surface area contributed by atoms with Crippen LogP contribution >= 0.6 is 11.3 Å². The van der Waals surface area contributed by atoms with Crippen LogP contribution in [0.2, 0.25) is 0 Å². The lowest BCUT2D eigenvalue weighted by Crippen LogP contribution is -2.18. The molecule has 1 saturated carbocycles. The molecule has 21 heavy (non-hydrogen) atoms. The molecule has 8 heteroatoms. The Hall–Kier alpha value is -0.700. The summed E-state index contributed by atoms with van der Waals surface area (Å²) >= 11 is 1.12. The van der Waals surface area contributed by atoms with E-state index in [1.165, 1.54) is 0 Å². The number of hydrogen-bond acceptors (Lipinski definition) is 5. The van der Waals surface area contributed by atoms with Crippen LogP contribution in [0.15, 0.2) is 0 Å². The molecule has 1 fully saturated rings. The van der Waals surface area contributed by atoms with Gasteiger partial charge in [0.05, 0.1) is 29.7 Å². The second-order valence-corrected chi connectivity index (χ2v) is 6.06. The molecule has 0 amide bonds. The van der Waals surface area contributed by atoms with E-state index in [2.05, 4.69) is 10.3 Å². The number of alkyl halides is 3. The van der Waals surface area contributed by atoms with Crippen LogP contribution in [-0.2, 0) is 28.6 Å². The maximum absolute atomic E-state index is 13.0. The van der Waals surface area contributed by atoms with E-state index < -0.39 is 11.9 Å². The van der Waals surface area contributed by atoms with E-state index in [0.29, 0.717) is 37.3 Å². The summed E-state index contributed by atoms with van der Waals surface area (Å²) in [6, 6.07) is 0.369. The molecule has 1 aromatic heterocycles. The SMILES string of the molecule is COCCOCCc1nc(C(F)(F)F)c(CNC2CC2)s1. The fraction of sp³-hybridized carbons (Fsp3) is 0.769. The van der Waals surface area contributed by atoms with Gasteiger partial charge in [-0.2, -0.15) is 13.2 Å². The average molecular weight is 324 g/mol. The fourth-order valence-electron chi connectivity index (χ4n) is 1.78. The number of hydrogen-bond donors (Lipinski definition) is 1. The molecule has 1 aliphatic rings. The van der Waals surface area contributed by atoms with Crippen LogP contribution in [-0.4, -0.2) is 38.0 Å². The minimum Gasteiger partial charge on any atom is -0.382 e. The molecule has 0 bridgehead atoms. The van der Waals surface area contributed by atoms with Crippen molar-refractivity contribution in [2.75, 3.05) is 26.9 Å². The first kappa shape index (κ1) is 16.7. The standard InChI is InChI=1S/C13H19F3N2O2S/c1-19-6-7-20-5-4-11-18-12(13(14,15)16)10(21-11)8-17-9-2-3-9/h9,17H,2-8H2,1H3. The lowest BCUT2D eigenvalue weighted by molar-refractivity contribution is -0.141. The third-order valence-electron chi connectivity index (χ3n) is 3.03. The van der Waals surface area contributed by atoms with Crippen LogP contribution in [0.1, 0.15) is 28.4 Å². The van der Waals surface area contributed by atoms with Crippen LogP contribution in [0.4, 0.5) is 13.2 Å². The quantitative estimate of drug-likeness (QED) is 0.709. The van der Waals surface area contributed by atoms with Crippen LogP contribution in [0.3, 0.4) is 0 Å². The van der Waals surface area contributed by atoms with Crippen molar-refractivity contribution < 1.29 is 22.6 Å². The van der Waals surface area contributed by atoms with Gasteiger partial charge in [0.25, 0.3) is 0 Å². The number of nitrogens with zero attached hydrogens (tertiary/aromatic N) is 1. The number of thiazole rings is 1. The van der Waals surface area contributed by atoms with Gasteiger partial charge in [0.1, 0.15) is 0 Å². The summed E-state index contributed by atoms with van der Waals surface area (Å²) in [5.74, 6) is 0. The molecule has 1 aliphatic carbocycles. The zero-order valence-electron chi connectivity index (χ0n) is 11.8. The zero-order valence-corrected chi connectivity index (χ0v) is 12.6. The number of ether oxygens (including phenoxy) is 2. The topological polar surface area (TPSA) is 43.4 Å². The first-order valence-electron chi connectivity index (χ1n) is 6.86. The molecule has 0 spiro atoms. The largest absolute Gasteiger partial charge is 0.434 e. The molecule has 120 valence electrons. The van der Waals surface area contributed by atoms with E-state index in [1.807, 2.05) is 0 Å². The van der Waals surface area contributed by atoms with Crippen LogP contribution in [0.5, 0.6) is 0 Å². The summed E-state index contributed by atoms with van der Waals surface area (Å²) in [6.45, 7) is 1.50. The summed E-state index contributed by atoms with van der Waals surface area (Å²) in [4.78, 5) is 4.00. The smallest absolute Gasteiger partial charge is 0.382 e. The molecule has 0 unspecified atom stereocenters. The van der Waals surface area contributed by atoms with E-state index in [1.54, 1.807) is 7.11 Å². The lowest BCUT2D eigenvalue weighted by atomic mass is 10.3. The molecule has 0 saturated heterocycles. The van der Waals surface area contributed by atoms with Crippen molar-refractivity contribution in [2.45, 2.75) is 38.0 Å². The van der Waals surface area contributed by atoms with E-state index in [4.69, 9.17) is 9.47 Å². The summed E-state index contributed by atoms with van der Waals surface area (Å²) < 4.78 is 49.0. The minimum absolute atomic E-state index is 0.238. The fourth-order valence-corrected chi connectivity index (χ4v) is 2.80. The van der Waals surface area contributed by atoms with Crippen LogP contribution < -0.4 is 5.32 Å². The highest BCUT2D eigenvalue weighted by molar-refractivity contribution is 7.11. The summed E-state index contributed by atoms with van der Waals surface area (Å²) in [5, 5.41) is 3.57. The Kier molecular flexibility index (Phi) is 5.98. The normalized spacial score (nSPS) is 15.6. The zero-order chi connectivity index (χ0) is 15.3. The summed E-state index contributed by atoms with van der Waals surface area (Å²) in [5.41, 5.74) is -0.757. The molecule has 1 N–H and O–H groups in total. The summed E-state index contributed by atoms with van der Waals surface area (Å²) in [6.07, 6.45) is -1.92. The number of aromatic nitrogens is 1. The molecule has 1 aromatic rings.